The molecule has 0 bridgehead atoms. The summed E-state index contributed by atoms with van der Waals surface area (Å²) in [5.74, 6) is 1.95. The van der Waals surface area contributed by atoms with Crippen molar-refractivity contribution < 1.29 is 14.2 Å². The molecule has 0 aliphatic carbocycles. The van der Waals surface area contributed by atoms with Crippen LogP contribution in [0.2, 0.25) is 0 Å². The Morgan fingerprint density at radius 1 is 0.955 bits per heavy atom. The maximum absolute atomic E-state index is 6.23. The Bertz CT molecular complexity index is 629. The molecule has 22 heavy (non-hydrogen) atoms. The zero-order chi connectivity index (χ0) is 15.7. The van der Waals surface area contributed by atoms with E-state index in [0.29, 0.717) is 5.92 Å². The average Bonchev–Trinajstić information content (AvgIpc) is 3.32. The van der Waals surface area contributed by atoms with Gasteiger partial charge in [-0.25, -0.2) is 0 Å². The Balaban J connectivity index is 2.00. The Labute approximate surface area is 131 Å². The summed E-state index contributed by atoms with van der Waals surface area (Å²) in [6.07, 6.45) is 0.0268. The van der Waals surface area contributed by atoms with Crippen molar-refractivity contribution in [3.05, 3.63) is 59.7 Å². The van der Waals surface area contributed by atoms with Crippen LogP contribution in [-0.4, -0.2) is 14.2 Å². The van der Waals surface area contributed by atoms with Crippen molar-refractivity contribution in [2.75, 3.05) is 14.2 Å². The van der Waals surface area contributed by atoms with Gasteiger partial charge in [-0.05, 0) is 29.2 Å². The maximum Gasteiger partial charge on any atom is 0.127 e. The van der Waals surface area contributed by atoms with Crippen LogP contribution in [0.4, 0.5) is 0 Å². The highest BCUT2D eigenvalue weighted by Crippen LogP contribution is 2.61. The largest absolute Gasteiger partial charge is 0.497 e. The van der Waals surface area contributed by atoms with Crippen molar-refractivity contribution in [3.63, 3.8) is 0 Å². The summed E-state index contributed by atoms with van der Waals surface area (Å²) < 4.78 is 17.0. The minimum Gasteiger partial charge on any atom is -0.497 e. The SMILES string of the molecule is COc1cc(OC)cc([C@H]2O[C@@]2(c2ccccc2)C(C)C)c1. The minimum absolute atomic E-state index is 0.0268. The minimum atomic E-state index is -0.265. The van der Waals surface area contributed by atoms with Crippen LogP contribution in [0.3, 0.4) is 0 Å². The van der Waals surface area contributed by atoms with E-state index in [2.05, 4.69) is 38.1 Å². The molecule has 0 radical (unpaired) electrons. The molecule has 1 heterocycles. The number of rotatable bonds is 5. The van der Waals surface area contributed by atoms with Gasteiger partial charge in [0, 0.05) is 6.07 Å². The summed E-state index contributed by atoms with van der Waals surface area (Å²) in [6.45, 7) is 4.40. The first-order valence-corrected chi connectivity index (χ1v) is 7.58. The molecule has 1 saturated heterocycles. The Hall–Kier alpha value is -2.00. The van der Waals surface area contributed by atoms with Crippen molar-refractivity contribution in [2.45, 2.75) is 25.6 Å². The Morgan fingerprint density at radius 2 is 1.55 bits per heavy atom. The highest BCUT2D eigenvalue weighted by Gasteiger charge is 2.60. The fourth-order valence-corrected chi connectivity index (χ4v) is 3.15. The molecule has 0 amide bonds. The first-order valence-electron chi connectivity index (χ1n) is 7.58. The lowest BCUT2D eigenvalue weighted by Crippen LogP contribution is -2.18. The summed E-state index contributed by atoms with van der Waals surface area (Å²) in [5, 5.41) is 0. The van der Waals surface area contributed by atoms with Gasteiger partial charge in [-0.2, -0.15) is 0 Å². The molecule has 3 heteroatoms. The van der Waals surface area contributed by atoms with E-state index in [1.807, 2.05) is 24.3 Å². The molecule has 1 fully saturated rings. The maximum atomic E-state index is 6.23. The molecule has 2 atom stereocenters. The molecule has 0 unspecified atom stereocenters. The van der Waals surface area contributed by atoms with Crippen LogP contribution in [0.1, 0.15) is 31.1 Å². The fourth-order valence-electron chi connectivity index (χ4n) is 3.15. The second-order valence-electron chi connectivity index (χ2n) is 5.96. The van der Waals surface area contributed by atoms with Crippen molar-refractivity contribution in [1.29, 1.82) is 0 Å². The van der Waals surface area contributed by atoms with Crippen molar-refractivity contribution in [2.24, 2.45) is 5.92 Å². The van der Waals surface area contributed by atoms with Crippen LogP contribution in [0.5, 0.6) is 11.5 Å². The number of epoxide rings is 1. The topological polar surface area (TPSA) is 31.0 Å². The quantitative estimate of drug-likeness (QED) is 0.770. The van der Waals surface area contributed by atoms with Gasteiger partial charge in [-0.1, -0.05) is 44.2 Å². The van der Waals surface area contributed by atoms with Crippen LogP contribution in [-0.2, 0) is 10.3 Å². The van der Waals surface area contributed by atoms with Crippen molar-refractivity contribution >= 4 is 0 Å². The molecular formula is C19H22O3. The normalized spacial score (nSPS) is 23.4. The Morgan fingerprint density at radius 3 is 2.05 bits per heavy atom. The summed E-state index contributed by atoms with van der Waals surface area (Å²) in [6, 6.07) is 16.4. The fraction of sp³-hybridized carbons (Fsp3) is 0.368. The molecule has 0 aromatic heterocycles. The van der Waals surface area contributed by atoms with Gasteiger partial charge in [0.2, 0.25) is 0 Å². The number of hydrogen-bond donors (Lipinski definition) is 0. The summed E-state index contributed by atoms with van der Waals surface area (Å²) in [4.78, 5) is 0. The predicted molar refractivity (Wildman–Crippen MR) is 86.3 cm³/mol. The van der Waals surface area contributed by atoms with Gasteiger partial charge in [-0.15, -0.1) is 0 Å². The zero-order valence-corrected chi connectivity index (χ0v) is 13.5. The van der Waals surface area contributed by atoms with Crippen molar-refractivity contribution in [1.82, 2.24) is 0 Å². The third-order valence-corrected chi connectivity index (χ3v) is 4.40. The molecule has 3 rings (SSSR count). The van der Waals surface area contributed by atoms with Gasteiger partial charge in [0.1, 0.15) is 23.2 Å². The lowest BCUT2D eigenvalue weighted by molar-refractivity contribution is 0.238. The smallest absolute Gasteiger partial charge is 0.127 e. The van der Waals surface area contributed by atoms with Crippen LogP contribution in [0.25, 0.3) is 0 Å². The number of methoxy groups -OCH3 is 2. The third-order valence-electron chi connectivity index (χ3n) is 4.40. The van der Waals surface area contributed by atoms with E-state index in [0.717, 1.165) is 17.1 Å². The molecule has 1 aliphatic heterocycles. The van der Waals surface area contributed by atoms with E-state index in [1.54, 1.807) is 14.2 Å². The average molecular weight is 298 g/mol. The lowest BCUT2D eigenvalue weighted by atomic mass is 9.83. The van der Waals surface area contributed by atoms with Crippen LogP contribution >= 0.6 is 0 Å². The number of ether oxygens (including phenoxy) is 3. The molecule has 0 N–H and O–H groups in total. The van der Waals surface area contributed by atoms with E-state index in [1.165, 1.54) is 5.56 Å². The first kappa shape index (κ1) is 14.9. The lowest BCUT2D eigenvalue weighted by Gasteiger charge is -2.18. The van der Waals surface area contributed by atoms with E-state index in [4.69, 9.17) is 14.2 Å². The second-order valence-corrected chi connectivity index (χ2v) is 5.96. The third kappa shape index (κ3) is 2.35. The highest BCUT2D eigenvalue weighted by molar-refractivity contribution is 5.44. The molecule has 0 saturated carbocycles. The number of benzene rings is 2. The van der Waals surface area contributed by atoms with Crippen LogP contribution < -0.4 is 9.47 Å². The van der Waals surface area contributed by atoms with Crippen LogP contribution in [0.15, 0.2) is 48.5 Å². The summed E-state index contributed by atoms with van der Waals surface area (Å²) in [5.41, 5.74) is 2.05. The van der Waals surface area contributed by atoms with Crippen molar-refractivity contribution in [3.8, 4) is 11.5 Å². The first-order chi connectivity index (χ1) is 10.6. The number of hydrogen-bond acceptors (Lipinski definition) is 3. The van der Waals surface area contributed by atoms with Gasteiger partial charge in [0.15, 0.2) is 0 Å². The molecule has 2 aromatic carbocycles. The van der Waals surface area contributed by atoms with E-state index < -0.39 is 0 Å². The highest BCUT2D eigenvalue weighted by atomic mass is 16.6. The van der Waals surface area contributed by atoms with Gasteiger partial charge < -0.3 is 14.2 Å². The molecular weight excluding hydrogens is 276 g/mol. The van der Waals surface area contributed by atoms with E-state index in [9.17, 15) is 0 Å². The van der Waals surface area contributed by atoms with E-state index >= 15 is 0 Å². The zero-order valence-electron chi connectivity index (χ0n) is 13.5. The summed E-state index contributed by atoms with van der Waals surface area (Å²) >= 11 is 0. The molecule has 3 nitrogen and oxygen atoms in total. The predicted octanol–water partition coefficient (Wildman–Crippen LogP) is 4.33. The van der Waals surface area contributed by atoms with Crippen LogP contribution in [0, 0.1) is 5.92 Å². The van der Waals surface area contributed by atoms with Gasteiger partial charge in [-0.3, -0.25) is 0 Å². The van der Waals surface area contributed by atoms with Gasteiger partial charge >= 0.3 is 0 Å². The Kier molecular flexibility index (Phi) is 3.83. The molecule has 1 aliphatic rings. The monoisotopic (exact) mass is 298 g/mol. The van der Waals surface area contributed by atoms with E-state index in [-0.39, 0.29) is 11.7 Å². The summed E-state index contributed by atoms with van der Waals surface area (Å²) in [7, 11) is 3.33. The molecule has 0 spiro atoms. The van der Waals surface area contributed by atoms with Gasteiger partial charge in [0.25, 0.3) is 0 Å². The van der Waals surface area contributed by atoms with Gasteiger partial charge in [0.05, 0.1) is 14.2 Å². The standard InChI is InChI=1S/C19H22O3/c1-13(2)19(15-8-6-5-7-9-15)18(22-19)14-10-16(20-3)12-17(11-14)21-4/h5-13,18H,1-4H3/t18-,19-/m1/s1. The molecule has 2 aromatic rings. The second kappa shape index (κ2) is 5.65. The molecule has 116 valence electrons.